The predicted molar refractivity (Wildman–Crippen MR) is 143 cm³/mol. The van der Waals surface area contributed by atoms with E-state index in [0.717, 1.165) is 17.7 Å². The molecule has 184 valence electrons. The topological polar surface area (TPSA) is 68.2 Å². The van der Waals surface area contributed by atoms with Gasteiger partial charge in [0.1, 0.15) is 6.04 Å². The van der Waals surface area contributed by atoms with Crippen LogP contribution in [0.15, 0.2) is 83.9 Å². The highest BCUT2D eigenvalue weighted by Gasteiger charge is 2.41. The summed E-state index contributed by atoms with van der Waals surface area (Å²) >= 11 is 0. The van der Waals surface area contributed by atoms with Gasteiger partial charge in [-0.15, -0.1) is 0 Å². The molecular weight excluding hydrogens is 450 g/mol. The van der Waals surface area contributed by atoms with Gasteiger partial charge in [0.2, 0.25) is 11.9 Å². The number of aliphatic imine (C=N–C) groups is 1. The minimum absolute atomic E-state index is 0.0446. The van der Waals surface area contributed by atoms with Crippen molar-refractivity contribution in [2.75, 3.05) is 23.6 Å². The maximum atomic E-state index is 13.4. The van der Waals surface area contributed by atoms with E-state index >= 15 is 0 Å². The number of amides is 2. The Bertz CT molecular complexity index is 1260. The van der Waals surface area contributed by atoms with Crippen LogP contribution in [0.2, 0.25) is 0 Å². The lowest BCUT2D eigenvalue weighted by Gasteiger charge is -2.48. The summed E-state index contributed by atoms with van der Waals surface area (Å²) in [6.45, 7) is 5.91. The van der Waals surface area contributed by atoms with Crippen LogP contribution in [0.25, 0.3) is 0 Å². The zero-order valence-electron chi connectivity index (χ0n) is 20.7. The van der Waals surface area contributed by atoms with Crippen LogP contribution in [0.1, 0.15) is 30.0 Å². The van der Waals surface area contributed by atoms with Gasteiger partial charge in [-0.05, 0) is 48.7 Å². The normalized spacial score (nSPS) is 18.0. The Morgan fingerprint density at radius 2 is 1.67 bits per heavy atom. The number of carbonyl (C=O) groups is 2. The molecule has 3 aromatic rings. The highest BCUT2D eigenvalue weighted by molar-refractivity contribution is 6.10. The number of carbonyl (C=O) groups excluding carboxylic acids is 2. The van der Waals surface area contributed by atoms with Gasteiger partial charge in [0.15, 0.2) is 0 Å². The van der Waals surface area contributed by atoms with Gasteiger partial charge in [0, 0.05) is 17.9 Å². The summed E-state index contributed by atoms with van der Waals surface area (Å²) in [5.74, 6) is 0.0447. The molecule has 36 heavy (non-hydrogen) atoms. The van der Waals surface area contributed by atoms with Crippen molar-refractivity contribution in [2.24, 2.45) is 4.99 Å². The number of nitrogens with zero attached hydrogens (tertiary/aromatic N) is 4. The molecule has 2 heterocycles. The van der Waals surface area contributed by atoms with E-state index in [1.54, 1.807) is 0 Å². The third kappa shape index (κ3) is 5.16. The SMILES string of the molecule is CCc1ccc(N2CN(Cc3ccccc3)CN3C2=NC(=O)CC3C(=O)Nc2ccc(C)cc2)cc1. The van der Waals surface area contributed by atoms with Crippen LogP contribution in [0.5, 0.6) is 0 Å². The summed E-state index contributed by atoms with van der Waals surface area (Å²) < 4.78 is 0. The van der Waals surface area contributed by atoms with Gasteiger partial charge in [0.05, 0.1) is 19.8 Å². The largest absolute Gasteiger partial charge is 0.324 e. The van der Waals surface area contributed by atoms with Gasteiger partial charge in [-0.25, -0.2) is 0 Å². The van der Waals surface area contributed by atoms with Gasteiger partial charge in [-0.2, -0.15) is 4.99 Å². The molecule has 1 atom stereocenters. The Morgan fingerprint density at radius 3 is 2.36 bits per heavy atom. The molecule has 7 heteroatoms. The van der Waals surface area contributed by atoms with Crippen molar-refractivity contribution in [1.82, 2.24) is 9.80 Å². The summed E-state index contributed by atoms with van der Waals surface area (Å²) in [5, 5.41) is 3.00. The average Bonchev–Trinajstić information content (AvgIpc) is 2.90. The summed E-state index contributed by atoms with van der Waals surface area (Å²) in [5.41, 5.74) is 5.21. The summed E-state index contributed by atoms with van der Waals surface area (Å²) in [7, 11) is 0. The van der Waals surface area contributed by atoms with Crippen molar-refractivity contribution in [2.45, 2.75) is 39.3 Å². The van der Waals surface area contributed by atoms with E-state index in [2.05, 4.69) is 58.5 Å². The van der Waals surface area contributed by atoms with Gasteiger partial charge in [-0.1, -0.05) is 67.1 Å². The molecule has 2 aliphatic heterocycles. The van der Waals surface area contributed by atoms with Crippen molar-refractivity contribution in [3.05, 3.63) is 95.6 Å². The van der Waals surface area contributed by atoms with Crippen LogP contribution in [0.3, 0.4) is 0 Å². The first-order chi connectivity index (χ1) is 17.5. The van der Waals surface area contributed by atoms with Crippen molar-refractivity contribution < 1.29 is 9.59 Å². The Morgan fingerprint density at radius 1 is 0.944 bits per heavy atom. The number of fused-ring (bicyclic) bond motifs is 1. The Hall–Kier alpha value is -3.97. The van der Waals surface area contributed by atoms with Gasteiger partial charge >= 0.3 is 0 Å². The van der Waals surface area contributed by atoms with E-state index in [1.807, 2.05) is 59.2 Å². The van der Waals surface area contributed by atoms with E-state index < -0.39 is 6.04 Å². The lowest BCUT2D eigenvalue weighted by molar-refractivity contribution is -0.127. The maximum absolute atomic E-state index is 13.4. The maximum Gasteiger partial charge on any atom is 0.251 e. The molecule has 0 spiro atoms. The second-order valence-electron chi connectivity index (χ2n) is 9.40. The van der Waals surface area contributed by atoms with Crippen LogP contribution >= 0.6 is 0 Å². The molecule has 3 aromatic carbocycles. The van der Waals surface area contributed by atoms with Crippen molar-refractivity contribution in [1.29, 1.82) is 0 Å². The number of benzene rings is 3. The minimum atomic E-state index is -0.651. The van der Waals surface area contributed by atoms with E-state index in [1.165, 1.54) is 11.1 Å². The monoisotopic (exact) mass is 481 g/mol. The zero-order valence-corrected chi connectivity index (χ0v) is 20.7. The van der Waals surface area contributed by atoms with Crippen molar-refractivity contribution in [3.8, 4) is 0 Å². The van der Waals surface area contributed by atoms with Crippen molar-refractivity contribution in [3.63, 3.8) is 0 Å². The Balaban J connectivity index is 1.46. The highest BCUT2D eigenvalue weighted by Crippen LogP contribution is 2.28. The van der Waals surface area contributed by atoms with Gasteiger partial charge in [-0.3, -0.25) is 19.4 Å². The molecule has 0 aromatic heterocycles. The Kier molecular flexibility index (Phi) is 6.82. The number of aryl methyl sites for hydroxylation is 2. The van der Waals surface area contributed by atoms with Crippen LogP contribution < -0.4 is 10.2 Å². The van der Waals surface area contributed by atoms with E-state index in [0.29, 0.717) is 31.5 Å². The molecule has 5 rings (SSSR count). The molecule has 1 saturated heterocycles. The number of guanidine groups is 1. The van der Waals surface area contributed by atoms with Crippen LogP contribution in [-0.2, 0) is 22.6 Å². The average molecular weight is 482 g/mol. The van der Waals surface area contributed by atoms with Crippen LogP contribution in [0, 0.1) is 6.92 Å². The smallest absolute Gasteiger partial charge is 0.251 e. The molecule has 1 N–H and O–H groups in total. The molecule has 7 nitrogen and oxygen atoms in total. The zero-order chi connectivity index (χ0) is 25.1. The fourth-order valence-electron chi connectivity index (χ4n) is 4.68. The van der Waals surface area contributed by atoms with Crippen LogP contribution in [-0.4, -0.2) is 47.0 Å². The van der Waals surface area contributed by atoms with E-state index in [9.17, 15) is 9.59 Å². The van der Waals surface area contributed by atoms with E-state index in [4.69, 9.17) is 0 Å². The highest BCUT2D eigenvalue weighted by atomic mass is 16.2. The standard InChI is InChI=1S/C29H31N5O2/c1-3-22-11-15-25(16-12-22)33-19-32(18-23-7-5-4-6-8-23)20-34-26(17-27(35)31-29(33)34)28(36)30-24-13-9-21(2)10-14-24/h4-16,26H,3,17-20H2,1-2H3,(H,30,36). The quantitative estimate of drug-likeness (QED) is 0.566. The second kappa shape index (κ2) is 10.3. The molecule has 1 fully saturated rings. The minimum Gasteiger partial charge on any atom is -0.324 e. The molecule has 0 aliphatic carbocycles. The molecule has 1 unspecified atom stereocenters. The summed E-state index contributed by atoms with van der Waals surface area (Å²) in [4.78, 5) is 36.9. The second-order valence-corrected chi connectivity index (χ2v) is 9.40. The lowest BCUT2D eigenvalue weighted by Crippen LogP contribution is -2.65. The molecular formula is C29H31N5O2. The summed E-state index contributed by atoms with van der Waals surface area (Å²) in [6.07, 6.45) is 0.996. The summed E-state index contributed by atoms with van der Waals surface area (Å²) in [6, 6.07) is 25.6. The third-order valence-electron chi connectivity index (χ3n) is 6.69. The van der Waals surface area contributed by atoms with Crippen molar-refractivity contribution >= 4 is 29.1 Å². The fourth-order valence-corrected chi connectivity index (χ4v) is 4.68. The first-order valence-electron chi connectivity index (χ1n) is 12.4. The van der Waals surface area contributed by atoms with Crippen LogP contribution in [0.4, 0.5) is 11.4 Å². The number of rotatable bonds is 6. The van der Waals surface area contributed by atoms with Gasteiger partial charge < -0.3 is 10.2 Å². The number of anilines is 2. The number of nitrogens with one attached hydrogen (secondary N) is 1. The predicted octanol–water partition coefficient (Wildman–Crippen LogP) is 4.39. The third-order valence-corrected chi connectivity index (χ3v) is 6.69. The lowest BCUT2D eigenvalue weighted by atomic mass is 10.1. The molecule has 2 amide bonds. The molecule has 0 saturated carbocycles. The molecule has 2 aliphatic rings. The number of hydrogen-bond acceptors (Lipinski definition) is 5. The van der Waals surface area contributed by atoms with Gasteiger partial charge in [0.25, 0.3) is 5.91 Å². The fraction of sp³-hybridized carbons (Fsp3) is 0.276. The number of hydrogen-bond donors (Lipinski definition) is 1. The molecule has 0 radical (unpaired) electrons. The van der Waals surface area contributed by atoms with E-state index in [-0.39, 0.29) is 18.2 Å². The first-order valence-corrected chi connectivity index (χ1v) is 12.4. The Labute approximate surface area is 212 Å². The first kappa shape index (κ1) is 23.8. The molecule has 0 bridgehead atoms.